The van der Waals surface area contributed by atoms with Crippen molar-refractivity contribution < 1.29 is 9.53 Å². The summed E-state index contributed by atoms with van der Waals surface area (Å²) in [5.74, 6) is -0.144. The van der Waals surface area contributed by atoms with Crippen LogP contribution in [-0.4, -0.2) is 12.1 Å². The Kier molecular flexibility index (Phi) is 4.63. The Bertz CT molecular complexity index is 118. The first-order chi connectivity index (χ1) is 4.70. The molecule has 10 heavy (non-hydrogen) atoms. The van der Waals surface area contributed by atoms with Gasteiger partial charge in [0.15, 0.2) is 0 Å². The van der Waals surface area contributed by atoms with E-state index in [9.17, 15) is 4.79 Å². The average molecular weight is 142 g/mol. The summed E-state index contributed by atoms with van der Waals surface area (Å²) in [5.41, 5.74) is 0. The van der Waals surface area contributed by atoms with Crippen molar-refractivity contribution in [2.45, 2.75) is 32.8 Å². The Labute approximate surface area is 61.9 Å². The van der Waals surface area contributed by atoms with Gasteiger partial charge in [-0.25, -0.2) is 0 Å². The maximum absolute atomic E-state index is 10.7. The molecule has 0 saturated heterocycles. The van der Waals surface area contributed by atoms with Gasteiger partial charge in [-0.1, -0.05) is 19.6 Å². The summed E-state index contributed by atoms with van der Waals surface area (Å²) < 4.78 is 4.88. The second-order valence-corrected chi connectivity index (χ2v) is 2.18. The SMILES string of the molecule is C=CC(C)OC(=O)CCC. The fourth-order valence-electron chi connectivity index (χ4n) is 0.518. The molecule has 0 spiro atoms. The maximum Gasteiger partial charge on any atom is 0.306 e. The molecule has 0 bridgehead atoms. The molecule has 0 saturated carbocycles. The minimum absolute atomic E-state index is 0.144. The van der Waals surface area contributed by atoms with Crippen molar-refractivity contribution >= 4 is 5.97 Å². The summed E-state index contributed by atoms with van der Waals surface area (Å²) in [6, 6.07) is 0. The molecule has 0 N–H and O–H groups in total. The lowest BCUT2D eigenvalue weighted by atomic mass is 10.3. The predicted octanol–water partition coefficient (Wildman–Crippen LogP) is 1.90. The highest BCUT2D eigenvalue weighted by Crippen LogP contribution is 1.96. The van der Waals surface area contributed by atoms with Gasteiger partial charge < -0.3 is 4.74 Å². The van der Waals surface area contributed by atoms with E-state index in [4.69, 9.17) is 4.74 Å². The number of carbonyl (C=O) groups is 1. The van der Waals surface area contributed by atoms with E-state index >= 15 is 0 Å². The molecule has 1 atom stereocenters. The minimum Gasteiger partial charge on any atom is -0.458 e. The van der Waals surface area contributed by atoms with Crippen LogP contribution in [0, 0.1) is 0 Å². The number of hydrogen-bond donors (Lipinski definition) is 0. The van der Waals surface area contributed by atoms with Gasteiger partial charge in [-0.2, -0.15) is 0 Å². The van der Waals surface area contributed by atoms with Crippen LogP contribution in [0.1, 0.15) is 26.7 Å². The Balaban J connectivity index is 3.46. The molecule has 0 rings (SSSR count). The summed E-state index contributed by atoms with van der Waals surface area (Å²) in [6.45, 7) is 7.23. The molecule has 2 nitrogen and oxygen atoms in total. The van der Waals surface area contributed by atoms with Gasteiger partial charge in [0.1, 0.15) is 6.10 Å². The summed E-state index contributed by atoms with van der Waals surface area (Å²) >= 11 is 0. The van der Waals surface area contributed by atoms with Crippen molar-refractivity contribution in [1.82, 2.24) is 0 Å². The summed E-state index contributed by atoms with van der Waals surface area (Å²) in [4.78, 5) is 10.7. The lowest BCUT2D eigenvalue weighted by Crippen LogP contribution is -2.11. The molecule has 0 heterocycles. The van der Waals surface area contributed by atoms with Crippen molar-refractivity contribution in [1.29, 1.82) is 0 Å². The van der Waals surface area contributed by atoms with E-state index in [2.05, 4.69) is 6.58 Å². The highest BCUT2D eigenvalue weighted by atomic mass is 16.5. The van der Waals surface area contributed by atoms with Crippen LogP contribution in [0.5, 0.6) is 0 Å². The Morgan fingerprint density at radius 2 is 2.40 bits per heavy atom. The van der Waals surface area contributed by atoms with Gasteiger partial charge in [0, 0.05) is 6.42 Å². The van der Waals surface area contributed by atoms with Gasteiger partial charge in [0.25, 0.3) is 0 Å². The molecule has 0 aliphatic rings. The normalized spacial score (nSPS) is 12.2. The average Bonchev–Trinajstić information content (AvgIpc) is 1.88. The van der Waals surface area contributed by atoms with Gasteiger partial charge in [0.2, 0.25) is 0 Å². The third-order valence-corrected chi connectivity index (χ3v) is 1.10. The van der Waals surface area contributed by atoms with E-state index in [0.717, 1.165) is 6.42 Å². The van der Waals surface area contributed by atoms with E-state index in [1.54, 1.807) is 13.0 Å². The Morgan fingerprint density at radius 1 is 1.80 bits per heavy atom. The lowest BCUT2D eigenvalue weighted by Gasteiger charge is -2.06. The van der Waals surface area contributed by atoms with Crippen LogP contribution in [0.15, 0.2) is 12.7 Å². The molecule has 2 heteroatoms. The fraction of sp³-hybridized carbons (Fsp3) is 0.625. The number of carbonyl (C=O) groups excluding carboxylic acids is 1. The zero-order valence-corrected chi connectivity index (χ0v) is 6.59. The quantitative estimate of drug-likeness (QED) is 0.442. The summed E-state index contributed by atoms with van der Waals surface area (Å²) in [5, 5.41) is 0. The predicted molar refractivity (Wildman–Crippen MR) is 40.7 cm³/mol. The first kappa shape index (κ1) is 9.21. The molecule has 0 aromatic rings. The van der Waals surface area contributed by atoms with Crippen molar-refractivity contribution in [2.75, 3.05) is 0 Å². The van der Waals surface area contributed by atoms with E-state index in [0.29, 0.717) is 6.42 Å². The highest BCUT2D eigenvalue weighted by molar-refractivity contribution is 5.69. The van der Waals surface area contributed by atoms with Crippen LogP contribution in [0.2, 0.25) is 0 Å². The van der Waals surface area contributed by atoms with Crippen LogP contribution in [0.3, 0.4) is 0 Å². The number of hydrogen-bond acceptors (Lipinski definition) is 2. The van der Waals surface area contributed by atoms with Crippen molar-refractivity contribution in [3.05, 3.63) is 12.7 Å². The molecule has 58 valence electrons. The van der Waals surface area contributed by atoms with Crippen LogP contribution in [-0.2, 0) is 9.53 Å². The van der Waals surface area contributed by atoms with E-state index < -0.39 is 0 Å². The lowest BCUT2D eigenvalue weighted by molar-refractivity contribution is -0.146. The van der Waals surface area contributed by atoms with Crippen molar-refractivity contribution in [2.24, 2.45) is 0 Å². The molecule has 0 radical (unpaired) electrons. The van der Waals surface area contributed by atoms with E-state index in [1.165, 1.54) is 0 Å². The van der Waals surface area contributed by atoms with Gasteiger partial charge >= 0.3 is 5.97 Å². The smallest absolute Gasteiger partial charge is 0.306 e. The van der Waals surface area contributed by atoms with Crippen LogP contribution < -0.4 is 0 Å². The number of rotatable bonds is 4. The molecule has 0 aromatic carbocycles. The first-order valence-electron chi connectivity index (χ1n) is 3.52. The van der Waals surface area contributed by atoms with Crippen LogP contribution >= 0.6 is 0 Å². The standard InChI is InChI=1S/C8H14O2/c1-4-6-8(9)10-7(3)5-2/h5,7H,2,4,6H2,1,3H3. The second-order valence-electron chi connectivity index (χ2n) is 2.18. The molecule has 0 aliphatic heterocycles. The monoisotopic (exact) mass is 142 g/mol. The Hall–Kier alpha value is -0.790. The Morgan fingerprint density at radius 3 is 2.80 bits per heavy atom. The van der Waals surface area contributed by atoms with Gasteiger partial charge in [-0.3, -0.25) is 4.79 Å². The second kappa shape index (κ2) is 5.03. The molecule has 0 aromatic heterocycles. The van der Waals surface area contributed by atoms with Gasteiger partial charge in [0.05, 0.1) is 0 Å². The van der Waals surface area contributed by atoms with Gasteiger partial charge in [-0.15, -0.1) is 0 Å². The summed E-state index contributed by atoms with van der Waals surface area (Å²) in [6.07, 6.45) is 2.79. The number of ether oxygens (including phenoxy) is 1. The highest BCUT2D eigenvalue weighted by Gasteiger charge is 2.03. The van der Waals surface area contributed by atoms with Crippen LogP contribution in [0.4, 0.5) is 0 Å². The molecule has 1 unspecified atom stereocenters. The molecule has 0 amide bonds. The van der Waals surface area contributed by atoms with E-state index in [1.807, 2.05) is 6.92 Å². The zero-order chi connectivity index (χ0) is 7.98. The van der Waals surface area contributed by atoms with Crippen molar-refractivity contribution in [3.63, 3.8) is 0 Å². The molecule has 0 fully saturated rings. The third-order valence-electron chi connectivity index (χ3n) is 1.10. The van der Waals surface area contributed by atoms with Gasteiger partial charge in [-0.05, 0) is 13.3 Å². The largest absolute Gasteiger partial charge is 0.458 e. The third kappa shape index (κ3) is 4.13. The fourth-order valence-corrected chi connectivity index (χ4v) is 0.518. The maximum atomic E-state index is 10.7. The molecular formula is C8H14O2. The van der Waals surface area contributed by atoms with E-state index in [-0.39, 0.29) is 12.1 Å². The summed E-state index contributed by atoms with van der Waals surface area (Å²) in [7, 11) is 0. The van der Waals surface area contributed by atoms with Crippen molar-refractivity contribution in [3.8, 4) is 0 Å². The molecular weight excluding hydrogens is 128 g/mol. The zero-order valence-electron chi connectivity index (χ0n) is 6.59. The first-order valence-corrected chi connectivity index (χ1v) is 3.52. The number of esters is 1. The molecule has 0 aliphatic carbocycles. The minimum atomic E-state index is -0.154. The topological polar surface area (TPSA) is 26.3 Å². The van der Waals surface area contributed by atoms with Crippen LogP contribution in [0.25, 0.3) is 0 Å².